The molecule has 0 spiro atoms. The van der Waals surface area contributed by atoms with Gasteiger partial charge in [0, 0.05) is 6.04 Å². The van der Waals surface area contributed by atoms with Crippen molar-refractivity contribution in [2.75, 3.05) is 20.6 Å². The molecule has 0 saturated carbocycles. The van der Waals surface area contributed by atoms with E-state index in [1.807, 2.05) is 7.05 Å². The second kappa shape index (κ2) is 30.9. The molecule has 0 rings (SSSR count). The van der Waals surface area contributed by atoms with Gasteiger partial charge >= 0.3 is 0 Å². The number of unbranched alkanes of at least 4 members (excludes halogenated alkanes) is 24. The average molecular weight is 482 g/mol. The quantitative estimate of drug-likeness (QED) is 0.0706. The minimum Gasteiger partial charge on any atom is -0.320 e. The maximum atomic E-state index is 3.26. The molecule has 3 nitrogen and oxygen atoms in total. The van der Waals surface area contributed by atoms with Gasteiger partial charge in [-0.3, -0.25) is 10.9 Å². The summed E-state index contributed by atoms with van der Waals surface area (Å²) in [5.41, 5.74) is 6.30. The molecule has 3 N–H and O–H groups in total. The van der Waals surface area contributed by atoms with E-state index in [1.54, 1.807) is 0 Å². The normalized spacial score (nSPS) is 12.4. The molecule has 34 heavy (non-hydrogen) atoms. The van der Waals surface area contributed by atoms with Crippen LogP contribution < -0.4 is 16.2 Å². The van der Waals surface area contributed by atoms with Crippen LogP contribution in [-0.2, 0) is 0 Å². The van der Waals surface area contributed by atoms with Gasteiger partial charge in [0.25, 0.3) is 0 Å². The van der Waals surface area contributed by atoms with Crippen LogP contribution in [0.4, 0.5) is 0 Å². The molecule has 0 aliphatic rings. The number of hydrogen-bond acceptors (Lipinski definition) is 3. The lowest BCUT2D eigenvalue weighted by Gasteiger charge is -2.11. The standard InChI is InChI=1S/C31H67N3/c1-31(34-33-3)29-27-25-23-21-19-17-15-13-11-9-7-5-4-6-8-10-12-14-16-18-20-22-24-26-28-30-32-2/h31-34H,4-30H2,1-3H3. The van der Waals surface area contributed by atoms with Crippen LogP contribution in [0.25, 0.3) is 0 Å². The van der Waals surface area contributed by atoms with Crippen LogP contribution in [0.15, 0.2) is 0 Å². The third-order valence-corrected chi connectivity index (χ3v) is 7.45. The SMILES string of the molecule is CNCCCCCCCCCCCCCCCCCCCCCCCCCCCC(C)NNC. The molecule has 0 amide bonds. The Morgan fingerprint density at radius 2 is 0.647 bits per heavy atom. The summed E-state index contributed by atoms with van der Waals surface area (Å²) >= 11 is 0. The van der Waals surface area contributed by atoms with E-state index >= 15 is 0 Å². The maximum Gasteiger partial charge on any atom is 0.0184 e. The summed E-state index contributed by atoms with van der Waals surface area (Å²) in [4.78, 5) is 0. The van der Waals surface area contributed by atoms with Crippen molar-refractivity contribution in [1.82, 2.24) is 16.2 Å². The summed E-state index contributed by atoms with van der Waals surface area (Å²) in [5, 5.41) is 3.24. The molecule has 0 bridgehead atoms. The van der Waals surface area contributed by atoms with E-state index in [0.29, 0.717) is 6.04 Å². The van der Waals surface area contributed by atoms with Gasteiger partial charge in [-0.1, -0.05) is 154 Å². The fourth-order valence-corrected chi connectivity index (χ4v) is 5.14. The molecule has 0 heterocycles. The molecular formula is C31H67N3. The monoisotopic (exact) mass is 482 g/mol. The van der Waals surface area contributed by atoms with Crippen LogP contribution in [0, 0.1) is 0 Å². The highest BCUT2D eigenvalue weighted by Crippen LogP contribution is 2.16. The van der Waals surface area contributed by atoms with Crippen molar-refractivity contribution in [3.63, 3.8) is 0 Å². The molecule has 0 aromatic carbocycles. The summed E-state index contributed by atoms with van der Waals surface area (Å²) in [7, 11) is 4.01. The Morgan fingerprint density at radius 3 is 0.912 bits per heavy atom. The van der Waals surface area contributed by atoms with E-state index in [1.165, 1.54) is 173 Å². The zero-order chi connectivity index (χ0) is 24.8. The number of nitrogens with one attached hydrogen (secondary N) is 3. The van der Waals surface area contributed by atoms with Crippen LogP contribution in [0.1, 0.15) is 174 Å². The van der Waals surface area contributed by atoms with Crippen molar-refractivity contribution in [2.45, 2.75) is 180 Å². The van der Waals surface area contributed by atoms with Gasteiger partial charge in [0.15, 0.2) is 0 Å². The minimum absolute atomic E-state index is 0.600. The molecule has 0 aromatic rings. The number of hydrogen-bond donors (Lipinski definition) is 3. The zero-order valence-electron chi connectivity index (χ0n) is 24.2. The predicted molar refractivity (Wildman–Crippen MR) is 156 cm³/mol. The average Bonchev–Trinajstić information content (AvgIpc) is 2.83. The molecular weight excluding hydrogens is 414 g/mol. The van der Waals surface area contributed by atoms with Crippen LogP contribution in [-0.4, -0.2) is 26.7 Å². The van der Waals surface area contributed by atoms with Gasteiger partial charge < -0.3 is 5.32 Å². The Kier molecular flexibility index (Phi) is 30.8. The lowest BCUT2D eigenvalue weighted by atomic mass is 10.0. The van der Waals surface area contributed by atoms with Gasteiger partial charge in [-0.05, 0) is 40.4 Å². The Balaban J connectivity index is 3.03. The van der Waals surface area contributed by atoms with Gasteiger partial charge in [-0.15, -0.1) is 0 Å². The largest absolute Gasteiger partial charge is 0.320 e. The van der Waals surface area contributed by atoms with Gasteiger partial charge in [-0.25, -0.2) is 0 Å². The summed E-state index contributed by atoms with van der Waals surface area (Å²) in [6.45, 7) is 3.45. The molecule has 0 radical (unpaired) electrons. The fourth-order valence-electron chi connectivity index (χ4n) is 5.14. The smallest absolute Gasteiger partial charge is 0.0184 e. The second-order valence-corrected chi connectivity index (χ2v) is 11.0. The first kappa shape index (κ1) is 33.9. The van der Waals surface area contributed by atoms with Crippen molar-refractivity contribution in [2.24, 2.45) is 0 Å². The Hall–Kier alpha value is -0.120. The fraction of sp³-hybridized carbons (Fsp3) is 1.00. The molecule has 0 saturated heterocycles. The Labute approximate surface area is 216 Å². The van der Waals surface area contributed by atoms with Crippen molar-refractivity contribution >= 4 is 0 Å². The van der Waals surface area contributed by atoms with E-state index < -0.39 is 0 Å². The van der Waals surface area contributed by atoms with E-state index in [-0.39, 0.29) is 0 Å². The third-order valence-electron chi connectivity index (χ3n) is 7.45. The van der Waals surface area contributed by atoms with Crippen LogP contribution in [0.5, 0.6) is 0 Å². The van der Waals surface area contributed by atoms with Crippen molar-refractivity contribution < 1.29 is 0 Å². The van der Waals surface area contributed by atoms with Crippen molar-refractivity contribution in [3.05, 3.63) is 0 Å². The van der Waals surface area contributed by atoms with E-state index in [2.05, 4.69) is 30.1 Å². The van der Waals surface area contributed by atoms with E-state index in [4.69, 9.17) is 0 Å². The lowest BCUT2D eigenvalue weighted by molar-refractivity contribution is 0.439. The number of rotatable bonds is 30. The van der Waals surface area contributed by atoms with E-state index in [0.717, 1.165) is 0 Å². The molecule has 1 unspecified atom stereocenters. The number of hydrazine groups is 1. The maximum absolute atomic E-state index is 3.26. The van der Waals surface area contributed by atoms with Gasteiger partial charge in [0.1, 0.15) is 0 Å². The summed E-state index contributed by atoms with van der Waals surface area (Å²) in [6, 6.07) is 0.600. The zero-order valence-corrected chi connectivity index (χ0v) is 24.2. The molecule has 0 aromatic heterocycles. The van der Waals surface area contributed by atoms with Gasteiger partial charge in [0.05, 0.1) is 0 Å². The molecule has 1 atom stereocenters. The Morgan fingerprint density at radius 1 is 0.382 bits per heavy atom. The van der Waals surface area contributed by atoms with Crippen LogP contribution in [0.3, 0.4) is 0 Å². The first-order chi connectivity index (χ1) is 16.8. The molecule has 3 heteroatoms. The highest BCUT2D eigenvalue weighted by atomic mass is 15.3. The molecule has 0 aliphatic carbocycles. The topological polar surface area (TPSA) is 36.1 Å². The van der Waals surface area contributed by atoms with Crippen LogP contribution >= 0.6 is 0 Å². The van der Waals surface area contributed by atoms with Gasteiger partial charge in [0.2, 0.25) is 0 Å². The third kappa shape index (κ3) is 29.9. The summed E-state index contributed by atoms with van der Waals surface area (Å²) in [6.07, 6.45) is 37.7. The van der Waals surface area contributed by atoms with Crippen LogP contribution in [0.2, 0.25) is 0 Å². The predicted octanol–water partition coefficient (Wildman–Crippen LogP) is 9.46. The Bertz CT molecular complexity index is 348. The molecule has 0 fully saturated rings. The highest BCUT2D eigenvalue weighted by molar-refractivity contribution is 4.57. The van der Waals surface area contributed by atoms with Gasteiger partial charge in [-0.2, -0.15) is 0 Å². The molecule has 0 aliphatic heterocycles. The summed E-state index contributed by atoms with van der Waals surface area (Å²) in [5.74, 6) is 0. The van der Waals surface area contributed by atoms with E-state index in [9.17, 15) is 0 Å². The minimum atomic E-state index is 0.600. The van der Waals surface area contributed by atoms with Crippen molar-refractivity contribution in [1.29, 1.82) is 0 Å². The highest BCUT2D eigenvalue weighted by Gasteiger charge is 1.99. The van der Waals surface area contributed by atoms with Crippen molar-refractivity contribution in [3.8, 4) is 0 Å². The first-order valence-electron chi connectivity index (χ1n) is 15.9. The second-order valence-electron chi connectivity index (χ2n) is 11.0. The first-order valence-corrected chi connectivity index (χ1v) is 15.9. The molecule has 206 valence electrons. The summed E-state index contributed by atoms with van der Waals surface area (Å²) < 4.78 is 0. The lowest BCUT2D eigenvalue weighted by Crippen LogP contribution is -2.35.